The van der Waals surface area contributed by atoms with Gasteiger partial charge in [0, 0.05) is 50.3 Å². The predicted molar refractivity (Wildman–Crippen MR) is 133 cm³/mol. The lowest BCUT2D eigenvalue weighted by atomic mass is 9.86. The summed E-state index contributed by atoms with van der Waals surface area (Å²) in [5.74, 6) is 0.0104. The number of alkyl halides is 3. The lowest BCUT2D eigenvalue weighted by Gasteiger charge is -2.52. The summed E-state index contributed by atoms with van der Waals surface area (Å²) in [6.45, 7) is 14.3. The van der Waals surface area contributed by atoms with Crippen LogP contribution in [0.2, 0.25) is 0 Å². The maximum Gasteiger partial charge on any atom is 0.416 e. The van der Waals surface area contributed by atoms with Gasteiger partial charge in [0.15, 0.2) is 0 Å². The molecule has 1 aromatic heterocycles. The van der Waals surface area contributed by atoms with Crippen LogP contribution in [0.3, 0.4) is 0 Å². The summed E-state index contributed by atoms with van der Waals surface area (Å²) in [5.41, 5.74) is 2.34. The minimum Gasteiger partial charge on any atom is -0.338 e. The Morgan fingerprint density at radius 2 is 1.61 bits per heavy atom. The number of carbonyl (C=O) groups excluding carboxylic acids is 1. The number of halogens is 3. The van der Waals surface area contributed by atoms with Crippen LogP contribution in [0.15, 0.2) is 30.6 Å². The van der Waals surface area contributed by atoms with E-state index in [-0.39, 0.29) is 23.5 Å². The molecule has 1 amide bonds. The number of nitrogens with zero attached hydrogens (tertiary/aromatic N) is 5. The van der Waals surface area contributed by atoms with Gasteiger partial charge >= 0.3 is 6.18 Å². The fourth-order valence-electron chi connectivity index (χ4n) is 5.75. The van der Waals surface area contributed by atoms with Crippen LogP contribution in [0.25, 0.3) is 0 Å². The number of hydrogen-bond acceptors (Lipinski definition) is 5. The Kier molecular flexibility index (Phi) is 7.44. The number of benzene rings is 1. The molecule has 9 heteroatoms. The Balaban J connectivity index is 1.36. The van der Waals surface area contributed by atoms with Gasteiger partial charge in [-0.3, -0.25) is 14.6 Å². The molecule has 2 aromatic rings. The molecular weight excluding hydrogens is 467 g/mol. The van der Waals surface area contributed by atoms with Crippen molar-refractivity contribution in [2.75, 3.05) is 32.7 Å². The van der Waals surface area contributed by atoms with E-state index in [1.54, 1.807) is 12.1 Å². The van der Waals surface area contributed by atoms with Crippen molar-refractivity contribution in [2.24, 2.45) is 0 Å². The topological polar surface area (TPSA) is 52.6 Å². The van der Waals surface area contributed by atoms with Crippen molar-refractivity contribution in [1.29, 1.82) is 0 Å². The smallest absolute Gasteiger partial charge is 0.338 e. The third kappa shape index (κ3) is 5.27. The maximum absolute atomic E-state index is 13.2. The Morgan fingerprint density at radius 1 is 1.03 bits per heavy atom. The van der Waals surface area contributed by atoms with E-state index in [9.17, 15) is 18.0 Å². The summed E-state index contributed by atoms with van der Waals surface area (Å²) in [5, 5.41) is 0. The van der Waals surface area contributed by atoms with Crippen molar-refractivity contribution in [3.05, 3.63) is 58.7 Å². The Labute approximate surface area is 211 Å². The van der Waals surface area contributed by atoms with Crippen molar-refractivity contribution in [3.8, 4) is 0 Å². The fourth-order valence-corrected chi connectivity index (χ4v) is 5.75. The van der Waals surface area contributed by atoms with E-state index >= 15 is 0 Å². The standard InChI is InChI=1S/C27H36F3N5O/c1-18-16-34(14-15-35(18)21(4)22-6-8-23(9-7-22)27(28,29)30)26(5)10-12-33(13-11-26)25(36)24-19(2)31-17-32-20(24)3/h6-9,17-18,21H,10-16H2,1-5H3/t18-,21?/m0/s1. The average Bonchev–Trinajstić information content (AvgIpc) is 2.83. The molecule has 2 atom stereocenters. The van der Waals surface area contributed by atoms with Gasteiger partial charge in [0.25, 0.3) is 5.91 Å². The van der Waals surface area contributed by atoms with E-state index in [1.165, 1.54) is 18.5 Å². The molecule has 1 aromatic carbocycles. The summed E-state index contributed by atoms with van der Waals surface area (Å²) in [6.07, 6.45) is -1.03. The fraction of sp³-hybridized carbons (Fsp3) is 0.593. The highest BCUT2D eigenvalue weighted by Crippen LogP contribution is 2.35. The first-order chi connectivity index (χ1) is 16.9. The molecule has 0 bridgehead atoms. The largest absolute Gasteiger partial charge is 0.416 e. The van der Waals surface area contributed by atoms with Gasteiger partial charge in [-0.15, -0.1) is 0 Å². The molecule has 1 unspecified atom stereocenters. The number of aryl methyl sites for hydroxylation is 2. The maximum atomic E-state index is 13.2. The van der Waals surface area contributed by atoms with Gasteiger partial charge < -0.3 is 4.90 Å². The number of hydrogen-bond donors (Lipinski definition) is 0. The van der Waals surface area contributed by atoms with Gasteiger partial charge in [0.05, 0.1) is 22.5 Å². The van der Waals surface area contributed by atoms with Crippen molar-refractivity contribution in [1.82, 2.24) is 24.7 Å². The molecule has 2 aliphatic rings. The SMILES string of the molecule is Cc1ncnc(C)c1C(=O)N1CCC(C)(N2CCN(C(C)c3ccc(C(F)(F)F)cc3)[C@@H](C)C2)CC1. The quantitative estimate of drug-likeness (QED) is 0.596. The molecule has 0 saturated carbocycles. The number of piperidine rings is 1. The van der Waals surface area contributed by atoms with E-state index < -0.39 is 11.7 Å². The van der Waals surface area contributed by atoms with Crippen molar-refractivity contribution in [3.63, 3.8) is 0 Å². The highest BCUT2D eigenvalue weighted by atomic mass is 19.4. The molecule has 2 aliphatic heterocycles. The van der Waals surface area contributed by atoms with Crippen LogP contribution >= 0.6 is 0 Å². The third-order valence-electron chi connectivity index (χ3n) is 8.23. The Hall–Kier alpha value is -2.52. The number of rotatable bonds is 4. The molecule has 0 N–H and O–H groups in total. The third-order valence-corrected chi connectivity index (χ3v) is 8.23. The van der Waals surface area contributed by atoms with Crippen molar-refractivity contribution >= 4 is 5.91 Å². The molecule has 0 radical (unpaired) electrons. The number of amides is 1. The van der Waals surface area contributed by atoms with Crippen molar-refractivity contribution < 1.29 is 18.0 Å². The molecule has 36 heavy (non-hydrogen) atoms. The van der Waals surface area contributed by atoms with Crippen LogP contribution in [-0.2, 0) is 6.18 Å². The highest BCUT2D eigenvalue weighted by molar-refractivity contribution is 5.96. The molecule has 6 nitrogen and oxygen atoms in total. The second-order valence-corrected chi connectivity index (χ2v) is 10.5. The number of piperazine rings is 1. The Morgan fingerprint density at radius 3 is 2.14 bits per heavy atom. The first kappa shape index (κ1) is 26.5. The van der Waals surface area contributed by atoms with Gasteiger partial charge in [0.1, 0.15) is 6.33 Å². The van der Waals surface area contributed by atoms with Gasteiger partial charge in [-0.1, -0.05) is 12.1 Å². The Bertz CT molecular complexity index is 1060. The zero-order valence-electron chi connectivity index (χ0n) is 21.8. The first-order valence-electron chi connectivity index (χ1n) is 12.7. The number of likely N-dealkylation sites (tertiary alicyclic amines) is 1. The lowest BCUT2D eigenvalue weighted by Crippen LogP contribution is -2.62. The second kappa shape index (κ2) is 10.1. The molecule has 2 saturated heterocycles. The number of carbonyl (C=O) groups is 1. The van der Waals surface area contributed by atoms with Crippen LogP contribution in [0.4, 0.5) is 13.2 Å². The van der Waals surface area contributed by atoms with Crippen LogP contribution in [0.1, 0.15) is 72.5 Å². The molecule has 4 rings (SSSR count). The molecule has 196 valence electrons. The summed E-state index contributed by atoms with van der Waals surface area (Å²) in [6, 6.07) is 5.85. The van der Waals surface area contributed by atoms with E-state index in [2.05, 4.69) is 40.5 Å². The minimum absolute atomic E-state index is 0.00595. The van der Waals surface area contributed by atoms with Crippen LogP contribution < -0.4 is 0 Å². The zero-order valence-corrected chi connectivity index (χ0v) is 21.8. The van der Waals surface area contributed by atoms with E-state index in [4.69, 9.17) is 0 Å². The molecular formula is C27H36F3N5O. The average molecular weight is 504 g/mol. The van der Waals surface area contributed by atoms with Crippen molar-refractivity contribution in [2.45, 2.75) is 71.3 Å². The van der Waals surface area contributed by atoms with E-state index in [1.807, 2.05) is 18.7 Å². The first-order valence-corrected chi connectivity index (χ1v) is 12.7. The highest BCUT2D eigenvalue weighted by Gasteiger charge is 2.41. The van der Waals surface area contributed by atoms with Crippen LogP contribution in [0, 0.1) is 13.8 Å². The predicted octanol–water partition coefficient (Wildman–Crippen LogP) is 4.87. The summed E-state index contributed by atoms with van der Waals surface area (Å²) >= 11 is 0. The summed E-state index contributed by atoms with van der Waals surface area (Å²) < 4.78 is 38.8. The van der Waals surface area contributed by atoms with Gasteiger partial charge in [-0.05, 0) is 65.2 Å². The van der Waals surface area contributed by atoms with Gasteiger partial charge in [0.2, 0.25) is 0 Å². The second-order valence-electron chi connectivity index (χ2n) is 10.5. The van der Waals surface area contributed by atoms with Crippen LogP contribution in [0.5, 0.6) is 0 Å². The molecule has 0 aliphatic carbocycles. The minimum atomic E-state index is -4.32. The van der Waals surface area contributed by atoms with Gasteiger partial charge in [-0.2, -0.15) is 13.2 Å². The monoisotopic (exact) mass is 503 g/mol. The normalized spacial score (nSPS) is 22.4. The summed E-state index contributed by atoms with van der Waals surface area (Å²) in [4.78, 5) is 28.4. The van der Waals surface area contributed by atoms with Crippen LogP contribution in [-0.4, -0.2) is 74.9 Å². The summed E-state index contributed by atoms with van der Waals surface area (Å²) in [7, 11) is 0. The van der Waals surface area contributed by atoms with Gasteiger partial charge in [-0.25, -0.2) is 9.97 Å². The molecule has 2 fully saturated rings. The van der Waals surface area contributed by atoms with E-state index in [0.717, 1.165) is 38.0 Å². The zero-order chi connectivity index (χ0) is 26.3. The molecule has 0 spiro atoms. The lowest BCUT2D eigenvalue weighted by molar-refractivity contribution is -0.137. The number of aromatic nitrogens is 2. The molecule has 3 heterocycles. The van der Waals surface area contributed by atoms with E-state index in [0.29, 0.717) is 30.0 Å².